The Hall–Kier alpha value is -3.25. The van der Waals surface area contributed by atoms with Gasteiger partial charge in [0.05, 0.1) is 23.8 Å². The zero-order valence-corrected chi connectivity index (χ0v) is 17.8. The number of sulfonamides is 1. The van der Waals surface area contributed by atoms with Gasteiger partial charge in [-0.15, -0.1) is 5.10 Å². The molecule has 1 atom stereocenters. The Morgan fingerprint density at radius 2 is 2.03 bits per heavy atom. The molecule has 0 unspecified atom stereocenters. The topological polar surface area (TPSA) is 141 Å². The first-order valence-corrected chi connectivity index (χ1v) is 10.8. The molecular weight excluding hydrogens is 434 g/mol. The largest absolute Gasteiger partial charge is 0.441 e. The summed E-state index contributed by atoms with van der Waals surface area (Å²) < 4.78 is 31.7. The van der Waals surface area contributed by atoms with Crippen LogP contribution in [-0.4, -0.2) is 45.7 Å². The van der Waals surface area contributed by atoms with Crippen LogP contribution in [0.4, 0.5) is 16.3 Å². The van der Waals surface area contributed by atoms with E-state index in [-0.39, 0.29) is 16.7 Å². The number of hydrogen-bond acceptors (Lipinski definition) is 8. The predicted octanol–water partition coefficient (Wildman–Crippen LogP) is 2.61. The molecule has 11 nitrogen and oxygen atoms in total. The summed E-state index contributed by atoms with van der Waals surface area (Å²) in [5.74, 6) is 0.251. The second kappa shape index (κ2) is 8.63. The van der Waals surface area contributed by atoms with Gasteiger partial charge in [0.2, 0.25) is 10.0 Å². The molecule has 0 saturated carbocycles. The zero-order valence-electron chi connectivity index (χ0n) is 16.2. The van der Waals surface area contributed by atoms with Gasteiger partial charge in [0.15, 0.2) is 11.5 Å². The van der Waals surface area contributed by atoms with Crippen LogP contribution in [0.25, 0.3) is 11.4 Å². The summed E-state index contributed by atoms with van der Waals surface area (Å²) in [6.07, 6.45) is 2.52. The molecule has 1 amide bonds. The van der Waals surface area contributed by atoms with E-state index in [2.05, 4.69) is 30.3 Å². The summed E-state index contributed by atoms with van der Waals surface area (Å²) in [6, 6.07) is 6.47. The van der Waals surface area contributed by atoms with Crippen LogP contribution in [0.3, 0.4) is 0 Å². The molecule has 3 heterocycles. The van der Waals surface area contributed by atoms with E-state index in [0.29, 0.717) is 16.9 Å². The standard InChI is InChI=1S/C17H18ClN7O4S/c1-10(12-5-4-8-19-15(12)18)29-17(26)21-16-14(22-24-25(16)2)13-7-6-11(9-20-13)23-30(3,27)28/h4-10,23H,1-3H3,(H,21,26)/t10-/m1/s1. The van der Waals surface area contributed by atoms with E-state index in [1.54, 1.807) is 32.2 Å². The number of rotatable bonds is 6. The summed E-state index contributed by atoms with van der Waals surface area (Å²) in [6.45, 7) is 1.67. The Balaban J connectivity index is 1.76. The smallest absolute Gasteiger partial charge is 0.413 e. The van der Waals surface area contributed by atoms with Gasteiger partial charge in [0, 0.05) is 18.8 Å². The normalized spacial score (nSPS) is 12.3. The van der Waals surface area contributed by atoms with E-state index in [1.165, 1.54) is 23.1 Å². The fraction of sp³-hybridized carbons (Fsp3) is 0.235. The van der Waals surface area contributed by atoms with Crippen molar-refractivity contribution in [2.24, 2.45) is 7.05 Å². The van der Waals surface area contributed by atoms with Gasteiger partial charge in [0.25, 0.3) is 0 Å². The third-order valence-electron chi connectivity index (χ3n) is 3.87. The molecule has 3 rings (SSSR count). The molecule has 0 spiro atoms. The quantitative estimate of drug-likeness (QED) is 0.544. The average Bonchev–Trinajstić information content (AvgIpc) is 3.02. The fourth-order valence-electron chi connectivity index (χ4n) is 2.53. The monoisotopic (exact) mass is 451 g/mol. The number of halogens is 1. The maximum absolute atomic E-state index is 12.4. The van der Waals surface area contributed by atoms with Crippen molar-refractivity contribution < 1.29 is 17.9 Å². The Labute approximate surface area is 177 Å². The molecule has 0 aromatic carbocycles. The van der Waals surface area contributed by atoms with Crippen LogP contribution in [0.5, 0.6) is 0 Å². The number of pyridine rings is 2. The van der Waals surface area contributed by atoms with Crippen LogP contribution < -0.4 is 10.0 Å². The van der Waals surface area contributed by atoms with E-state index in [1.807, 2.05) is 0 Å². The first kappa shape index (κ1) is 21.5. The van der Waals surface area contributed by atoms with Crippen molar-refractivity contribution in [3.8, 4) is 11.4 Å². The van der Waals surface area contributed by atoms with Crippen molar-refractivity contribution in [2.75, 3.05) is 16.3 Å². The lowest BCUT2D eigenvalue weighted by Crippen LogP contribution is -2.18. The van der Waals surface area contributed by atoms with Crippen LogP contribution in [0, 0.1) is 0 Å². The Morgan fingerprint density at radius 3 is 2.67 bits per heavy atom. The first-order chi connectivity index (χ1) is 14.1. The van der Waals surface area contributed by atoms with Crippen LogP contribution in [0.15, 0.2) is 36.7 Å². The number of anilines is 2. The van der Waals surface area contributed by atoms with Gasteiger partial charge < -0.3 is 4.74 Å². The summed E-state index contributed by atoms with van der Waals surface area (Å²) in [7, 11) is -1.83. The van der Waals surface area contributed by atoms with Gasteiger partial charge in [-0.1, -0.05) is 22.9 Å². The minimum Gasteiger partial charge on any atom is -0.441 e. The molecule has 0 bridgehead atoms. The van der Waals surface area contributed by atoms with Crippen molar-refractivity contribution in [3.05, 3.63) is 47.4 Å². The highest BCUT2D eigenvalue weighted by atomic mass is 35.5. The first-order valence-electron chi connectivity index (χ1n) is 8.56. The maximum atomic E-state index is 12.4. The molecular formula is C17H18ClN7O4S. The van der Waals surface area contributed by atoms with Crippen molar-refractivity contribution in [2.45, 2.75) is 13.0 Å². The minimum atomic E-state index is -3.42. The van der Waals surface area contributed by atoms with Gasteiger partial charge in [-0.3, -0.25) is 15.0 Å². The summed E-state index contributed by atoms with van der Waals surface area (Å²) >= 11 is 6.03. The number of ether oxygens (including phenoxy) is 1. The molecule has 0 aliphatic rings. The summed E-state index contributed by atoms with van der Waals surface area (Å²) in [4.78, 5) is 20.5. The number of nitrogens with one attached hydrogen (secondary N) is 2. The number of aromatic nitrogens is 5. The van der Waals surface area contributed by atoms with E-state index in [0.717, 1.165) is 6.26 Å². The van der Waals surface area contributed by atoms with Gasteiger partial charge in [0.1, 0.15) is 11.3 Å². The Bertz CT molecular complexity index is 1170. The third kappa shape index (κ3) is 5.21. The highest BCUT2D eigenvalue weighted by molar-refractivity contribution is 7.92. The lowest BCUT2D eigenvalue weighted by Gasteiger charge is -2.15. The summed E-state index contributed by atoms with van der Waals surface area (Å²) in [5, 5.41) is 10.7. The highest BCUT2D eigenvalue weighted by Gasteiger charge is 2.20. The number of amides is 1. The van der Waals surface area contributed by atoms with E-state index < -0.39 is 22.2 Å². The maximum Gasteiger partial charge on any atom is 0.413 e. The average molecular weight is 452 g/mol. The summed E-state index contributed by atoms with van der Waals surface area (Å²) in [5.41, 5.74) is 1.52. The number of nitrogens with zero attached hydrogens (tertiary/aromatic N) is 5. The molecule has 30 heavy (non-hydrogen) atoms. The number of aryl methyl sites for hydroxylation is 1. The molecule has 3 aromatic rings. The number of hydrogen-bond donors (Lipinski definition) is 2. The SMILES string of the molecule is C[C@@H](OC(=O)Nc1c(-c2ccc(NS(C)(=O)=O)cn2)nnn1C)c1cccnc1Cl. The molecule has 0 aliphatic heterocycles. The van der Waals surface area contributed by atoms with Gasteiger partial charge in [-0.05, 0) is 25.1 Å². The van der Waals surface area contributed by atoms with Crippen molar-refractivity contribution in [3.63, 3.8) is 0 Å². The third-order valence-corrected chi connectivity index (χ3v) is 4.79. The van der Waals surface area contributed by atoms with Crippen LogP contribution >= 0.6 is 11.6 Å². The second-order valence-corrected chi connectivity index (χ2v) is 8.38. The van der Waals surface area contributed by atoms with Crippen molar-refractivity contribution in [1.29, 1.82) is 0 Å². The van der Waals surface area contributed by atoms with Gasteiger partial charge in [-0.25, -0.2) is 22.9 Å². The second-order valence-electron chi connectivity index (χ2n) is 6.27. The lowest BCUT2D eigenvalue weighted by atomic mass is 10.2. The number of carbonyl (C=O) groups excluding carboxylic acids is 1. The molecule has 158 valence electrons. The zero-order chi connectivity index (χ0) is 21.9. The van der Waals surface area contributed by atoms with Gasteiger partial charge in [-0.2, -0.15) is 0 Å². The molecule has 0 aliphatic carbocycles. The molecule has 0 saturated heterocycles. The Morgan fingerprint density at radius 1 is 1.27 bits per heavy atom. The van der Waals surface area contributed by atoms with Crippen LogP contribution in [-0.2, 0) is 21.8 Å². The highest BCUT2D eigenvalue weighted by Crippen LogP contribution is 2.26. The van der Waals surface area contributed by atoms with E-state index in [9.17, 15) is 13.2 Å². The van der Waals surface area contributed by atoms with Crippen molar-refractivity contribution in [1.82, 2.24) is 25.0 Å². The minimum absolute atomic E-state index is 0.243. The van der Waals surface area contributed by atoms with E-state index >= 15 is 0 Å². The molecule has 13 heteroatoms. The van der Waals surface area contributed by atoms with Crippen LogP contribution in [0.2, 0.25) is 5.15 Å². The van der Waals surface area contributed by atoms with Crippen molar-refractivity contribution >= 4 is 39.2 Å². The van der Waals surface area contributed by atoms with E-state index in [4.69, 9.17) is 16.3 Å². The fourth-order valence-corrected chi connectivity index (χ4v) is 3.35. The van der Waals surface area contributed by atoms with Gasteiger partial charge >= 0.3 is 6.09 Å². The Kier molecular flexibility index (Phi) is 6.17. The molecule has 0 fully saturated rings. The molecule has 0 radical (unpaired) electrons. The predicted molar refractivity (Wildman–Crippen MR) is 110 cm³/mol. The molecule has 2 N–H and O–H groups in total. The van der Waals surface area contributed by atoms with Crippen LogP contribution in [0.1, 0.15) is 18.6 Å². The number of carbonyl (C=O) groups is 1. The lowest BCUT2D eigenvalue weighted by molar-refractivity contribution is 0.121. The molecule has 3 aromatic heterocycles.